The summed E-state index contributed by atoms with van der Waals surface area (Å²) in [6.07, 6.45) is 3.59. The van der Waals surface area contributed by atoms with Crippen LogP contribution in [0.15, 0.2) is 36.7 Å². The third kappa shape index (κ3) is 2.27. The molecular weight excluding hydrogens is 238 g/mol. The number of benzene rings is 1. The van der Waals surface area contributed by atoms with Crippen LogP contribution in [0.1, 0.15) is 11.4 Å². The van der Waals surface area contributed by atoms with Gasteiger partial charge in [0, 0.05) is 19.4 Å². The molecule has 0 saturated carbocycles. The van der Waals surface area contributed by atoms with E-state index in [-0.39, 0.29) is 0 Å². The van der Waals surface area contributed by atoms with Crippen LogP contribution in [0.2, 0.25) is 0 Å². The maximum absolute atomic E-state index is 4.59. The van der Waals surface area contributed by atoms with Crippen molar-refractivity contribution >= 4 is 17.0 Å². The first kappa shape index (κ1) is 11.6. The van der Waals surface area contributed by atoms with Crippen LogP contribution in [-0.4, -0.2) is 19.5 Å². The number of aromatic nitrogens is 4. The molecule has 0 fully saturated rings. The standard InChI is InChI=1S/C14H15N5/c1-10-7-15-14(16-8-10)17-9-13-18-11-5-3-4-6-12(11)19(13)2/h3-8H,9H2,1-2H3,(H,15,16,17). The van der Waals surface area contributed by atoms with Gasteiger partial charge in [-0.1, -0.05) is 12.1 Å². The van der Waals surface area contributed by atoms with Gasteiger partial charge >= 0.3 is 0 Å². The van der Waals surface area contributed by atoms with Crippen molar-refractivity contribution in [3.05, 3.63) is 48.0 Å². The molecule has 96 valence electrons. The maximum Gasteiger partial charge on any atom is 0.222 e. The molecule has 1 N–H and O–H groups in total. The third-order valence-corrected chi connectivity index (χ3v) is 3.07. The Kier molecular flexibility index (Phi) is 2.87. The molecule has 19 heavy (non-hydrogen) atoms. The fourth-order valence-electron chi connectivity index (χ4n) is 2.00. The van der Waals surface area contributed by atoms with Crippen LogP contribution in [0.5, 0.6) is 0 Å². The minimum Gasteiger partial charge on any atom is -0.347 e. The number of anilines is 1. The second kappa shape index (κ2) is 4.68. The summed E-state index contributed by atoms with van der Waals surface area (Å²) in [6.45, 7) is 2.57. The largest absolute Gasteiger partial charge is 0.347 e. The molecule has 0 bridgehead atoms. The highest BCUT2D eigenvalue weighted by Gasteiger charge is 2.06. The number of aryl methyl sites for hydroxylation is 2. The first-order valence-electron chi connectivity index (χ1n) is 6.17. The summed E-state index contributed by atoms with van der Waals surface area (Å²) in [5, 5.41) is 3.18. The average molecular weight is 253 g/mol. The van der Waals surface area contributed by atoms with E-state index in [4.69, 9.17) is 0 Å². The smallest absolute Gasteiger partial charge is 0.222 e. The van der Waals surface area contributed by atoms with Gasteiger partial charge in [0.25, 0.3) is 0 Å². The average Bonchev–Trinajstić information content (AvgIpc) is 2.76. The number of nitrogens with zero attached hydrogens (tertiary/aromatic N) is 4. The Hall–Kier alpha value is -2.43. The fourth-order valence-corrected chi connectivity index (χ4v) is 2.00. The lowest BCUT2D eigenvalue weighted by Crippen LogP contribution is -2.08. The monoisotopic (exact) mass is 253 g/mol. The molecular formula is C14H15N5. The molecule has 0 aliphatic heterocycles. The van der Waals surface area contributed by atoms with Crippen LogP contribution in [-0.2, 0) is 13.6 Å². The zero-order chi connectivity index (χ0) is 13.2. The lowest BCUT2D eigenvalue weighted by atomic mass is 10.3. The Balaban J connectivity index is 1.82. The van der Waals surface area contributed by atoms with Gasteiger partial charge in [0.2, 0.25) is 5.95 Å². The van der Waals surface area contributed by atoms with Gasteiger partial charge in [-0.15, -0.1) is 0 Å². The maximum atomic E-state index is 4.59. The predicted octanol–water partition coefficient (Wildman–Crippen LogP) is 2.28. The van der Waals surface area contributed by atoms with Gasteiger partial charge in [0.15, 0.2) is 0 Å². The zero-order valence-corrected chi connectivity index (χ0v) is 11.0. The fraction of sp³-hybridized carbons (Fsp3) is 0.214. The summed E-state index contributed by atoms with van der Waals surface area (Å²) >= 11 is 0. The van der Waals surface area contributed by atoms with Crippen LogP contribution >= 0.6 is 0 Å². The second-order valence-electron chi connectivity index (χ2n) is 4.51. The van der Waals surface area contributed by atoms with E-state index in [1.807, 2.05) is 32.2 Å². The van der Waals surface area contributed by atoms with Gasteiger partial charge in [-0.3, -0.25) is 0 Å². The summed E-state index contributed by atoms with van der Waals surface area (Å²) in [5.41, 5.74) is 3.18. The van der Waals surface area contributed by atoms with Crippen LogP contribution in [0.25, 0.3) is 11.0 Å². The van der Waals surface area contributed by atoms with Crippen molar-refractivity contribution in [1.29, 1.82) is 0 Å². The van der Waals surface area contributed by atoms with Crippen LogP contribution in [0.3, 0.4) is 0 Å². The van der Waals surface area contributed by atoms with E-state index in [0.717, 1.165) is 22.4 Å². The number of hydrogen-bond donors (Lipinski definition) is 1. The summed E-state index contributed by atoms with van der Waals surface area (Å²) in [7, 11) is 2.02. The minimum atomic E-state index is 0.605. The van der Waals surface area contributed by atoms with E-state index in [1.54, 1.807) is 12.4 Å². The molecule has 3 aromatic rings. The molecule has 0 spiro atoms. The van der Waals surface area contributed by atoms with E-state index in [9.17, 15) is 0 Å². The number of rotatable bonds is 3. The van der Waals surface area contributed by atoms with Crippen LogP contribution < -0.4 is 5.32 Å². The Morgan fingerprint density at radius 1 is 1.16 bits per heavy atom. The van der Waals surface area contributed by atoms with Gasteiger partial charge in [0.1, 0.15) is 5.82 Å². The molecule has 0 unspecified atom stereocenters. The van der Waals surface area contributed by atoms with E-state index in [2.05, 4.69) is 30.9 Å². The highest BCUT2D eigenvalue weighted by molar-refractivity contribution is 5.75. The van der Waals surface area contributed by atoms with Crippen molar-refractivity contribution < 1.29 is 0 Å². The van der Waals surface area contributed by atoms with E-state index >= 15 is 0 Å². The topological polar surface area (TPSA) is 55.6 Å². The number of imidazole rings is 1. The summed E-state index contributed by atoms with van der Waals surface area (Å²) in [6, 6.07) is 8.09. The molecule has 0 atom stereocenters. The predicted molar refractivity (Wildman–Crippen MR) is 74.8 cm³/mol. The quantitative estimate of drug-likeness (QED) is 0.778. The normalized spacial score (nSPS) is 10.8. The molecule has 2 heterocycles. The Morgan fingerprint density at radius 3 is 2.63 bits per heavy atom. The van der Waals surface area contributed by atoms with Crippen molar-refractivity contribution in [3.8, 4) is 0 Å². The number of nitrogens with one attached hydrogen (secondary N) is 1. The second-order valence-corrected chi connectivity index (χ2v) is 4.51. The molecule has 0 aliphatic carbocycles. The molecule has 1 aromatic carbocycles. The zero-order valence-electron chi connectivity index (χ0n) is 11.0. The number of fused-ring (bicyclic) bond motifs is 1. The summed E-state index contributed by atoms with van der Waals surface area (Å²) in [5.74, 6) is 1.59. The van der Waals surface area contributed by atoms with Gasteiger partial charge in [-0.05, 0) is 24.6 Å². The minimum absolute atomic E-state index is 0.605. The van der Waals surface area contributed by atoms with E-state index < -0.39 is 0 Å². The van der Waals surface area contributed by atoms with Crippen LogP contribution in [0.4, 0.5) is 5.95 Å². The lowest BCUT2D eigenvalue weighted by Gasteiger charge is -2.05. The van der Waals surface area contributed by atoms with Crippen molar-refractivity contribution in [2.45, 2.75) is 13.5 Å². The Labute approximate surface area is 111 Å². The number of hydrogen-bond acceptors (Lipinski definition) is 4. The lowest BCUT2D eigenvalue weighted by molar-refractivity contribution is 0.828. The number of para-hydroxylation sites is 2. The van der Waals surface area contributed by atoms with E-state index in [1.165, 1.54) is 0 Å². The van der Waals surface area contributed by atoms with Crippen molar-refractivity contribution in [1.82, 2.24) is 19.5 Å². The van der Waals surface area contributed by atoms with Gasteiger partial charge < -0.3 is 9.88 Å². The first-order chi connectivity index (χ1) is 9.24. The van der Waals surface area contributed by atoms with Crippen molar-refractivity contribution in [2.75, 3.05) is 5.32 Å². The molecule has 0 radical (unpaired) electrons. The Bertz CT molecular complexity index is 699. The first-order valence-corrected chi connectivity index (χ1v) is 6.17. The van der Waals surface area contributed by atoms with E-state index in [0.29, 0.717) is 12.5 Å². The molecule has 3 rings (SSSR count). The third-order valence-electron chi connectivity index (χ3n) is 3.07. The van der Waals surface area contributed by atoms with Crippen molar-refractivity contribution in [3.63, 3.8) is 0 Å². The molecule has 0 aliphatic rings. The molecule has 5 heteroatoms. The highest BCUT2D eigenvalue weighted by atomic mass is 15.1. The molecule has 0 saturated heterocycles. The molecule has 5 nitrogen and oxygen atoms in total. The van der Waals surface area contributed by atoms with Gasteiger partial charge in [-0.2, -0.15) is 0 Å². The summed E-state index contributed by atoms with van der Waals surface area (Å²) < 4.78 is 2.08. The van der Waals surface area contributed by atoms with Gasteiger partial charge in [0.05, 0.1) is 17.6 Å². The van der Waals surface area contributed by atoms with Crippen molar-refractivity contribution in [2.24, 2.45) is 7.05 Å². The molecule has 2 aromatic heterocycles. The molecule has 0 amide bonds. The Morgan fingerprint density at radius 2 is 1.89 bits per heavy atom. The highest BCUT2D eigenvalue weighted by Crippen LogP contribution is 2.14. The van der Waals surface area contributed by atoms with Crippen LogP contribution in [0, 0.1) is 6.92 Å². The van der Waals surface area contributed by atoms with Gasteiger partial charge in [-0.25, -0.2) is 15.0 Å². The summed E-state index contributed by atoms with van der Waals surface area (Å²) in [4.78, 5) is 13.0. The SMILES string of the molecule is Cc1cnc(NCc2nc3ccccc3n2C)nc1.